The van der Waals surface area contributed by atoms with Crippen molar-refractivity contribution in [3.8, 4) is 0 Å². The van der Waals surface area contributed by atoms with Crippen LogP contribution in [0, 0.1) is 0 Å². The van der Waals surface area contributed by atoms with Crippen molar-refractivity contribution in [3.63, 3.8) is 0 Å². The molecule has 1 heterocycles. The van der Waals surface area contributed by atoms with Crippen molar-refractivity contribution < 1.29 is 4.39 Å². The molecule has 2 rings (SSSR count). The van der Waals surface area contributed by atoms with Gasteiger partial charge in [-0.05, 0) is 37.9 Å². The second-order valence-corrected chi connectivity index (χ2v) is 5.14. The van der Waals surface area contributed by atoms with E-state index in [-0.39, 0.29) is 6.04 Å². The molecule has 0 saturated carbocycles. The molecular formula is C12H15BrFN. The number of nitrogens with one attached hydrogen (secondary N) is 1. The molecule has 2 unspecified atom stereocenters. The van der Waals surface area contributed by atoms with Gasteiger partial charge < -0.3 is 5.32 Å². The molecule has 1 aromatic carbocycles. The summed E-state index contributed by atoms with van der Waals surface area (Å²) in [6.07, 6.45) is 1.54. The highest BCUT2D eigenvalue weighted by molar-refractivity contribution is 9.10. The molecule has 1 fully saturated rings. The average molecular weight is 272 g/mol. The zero-order valence-corrected chi connectivity index (χ0v) is 10.3. The molecule has 2 atom stereocenters. The zero-order valence-electron chi connectivity index (χ0n) is 8.76. The first-order valence-corrected chi connectivity index (χ1v) is 6.07. The Hall–Kier alpha value is -0.410. The second kappa shape index (κ2) is 4.22. The highest BCUT2D eigenvalue weighted by atomic mass is 79.9. The number of hydrogen-bond donors (Lipinski definition) is 1. The lowest BCUT2D eigenvalue weighted by Gasteiger charge is -2.36. The molecule has 1 saturated heterocycles. The van der Waals surface area contributed by atoms with Gasteiger partial charge in [-0.3, -0.25) is 0 Å². The average Bonchev–Trinajstić information content (AvgIpc) is 2.19. The van der Waals surface area contributed by atoms with Gasteiger partial charge >= 0.3 is 0 Å². The first-order valence-electron chi connectivity index (χ1n) is 5.28. The van der Waals surface area contributed by atoms with Crippen LogP contribution in [0.4, 0.5) is 4.39 Å². The van der Waals surface area contributed by atoms with Crippen LogP contribution in [0.1, 0.15) is 31.4 Å². The molecule has 82 valence electrons. The molecule has 0 radical (unpaired) electrons. The number of alkyl halides is 1. The Labute approximate surface area is 98.2 Å². The highest BCUT2D eigenvalue weighted by Crippen LogP contribution is 2.38. The van der Waals surface area contributed by atoms with Gasteiger partial charge in [-0.25, -0.2) is 4.39 Å². The first kappa shape index (κ1) is 11.1. The lowest BCUT2D eigenvalue weighted by molar-refractivity contribution is 0.0880. The number of rotatable bonds is 1. The summed E-state index contributed by atoms with van der Waals surface area (Å²) in [5, 5.41) is 3.26. The van der Waals surface area contributed by atoms with Gasteiger partial charge in [-0.2, -0.15) is 0 Å². The standard InChI is InChI=1S/C12H15BrFN/c1-12(14)7-4-8-15-11(12)9-5-2-3-6-10(9)13/h2-3,5-6,11,15H,4,7-8H2,1H3. The molecule has 3 heteroatoms. The van der Waals surface area contributed by atoms with E-state index in [1.807, 2.05) is 24.3 Å². The van der Waals surface area contributed by atoms with E-state index in [2.05, 4.69) is 21.2 Å². The maximum Gasteiger partial charge on any atom is 0.127 e. The molecule has 0 aliphatic carbocycles. The molecule has 0 bridgehead atoms. The van der Waals surface area contributed by atoms with Gasteiger partial charge in [0.15, 0.2) is 0 Å². The summed E-state index contributed by atoms with van der Waals surface area (Å²) >= 11 is 3.48. The Kier molecular flexibility index (Phi) is 3.12. The minimum absolute atomic E-state index is 0.193. The molecule has 15 heavy (non-hydrogen) atoms. The summed E-state index contributed by atoms with van der Waals surface area (Å²) < 4.78 is 15.3. The van der Waals surface area contributed by atoms with Crippen LogP contribution in [0.5, 0.6) is 0 Å². The van der Waals surface area contributed by atoms with Gasteiger partial charge in [-0.1, -0.05) is 34.1 Å². The highest BCUT2D eigenvalue weighted by Gasteiger charge is 2.38. The van der Waals surface area contributed by atoms with Gasteiger partial charge in [-0.15, -0.1) is 0 Å². The van der Waals surface area contributed by atoms with Crippen molar-refractivity contribution in [2.45, 2.75) is 31.5 Å². The summed E-state index contributed by atoms with van der Waals surface area (Å²) in [5.74, 6) is 0. The summed E-state index contributed by atoms with van der Waals surface area (Å²) in [6, 6.07) is 7.65. The van der Waals surface area contributed by atoms with Gasteiger partial charge in [0.1, 0.15) is 5.67 Å². The third-order valence-electron chi connectivity index (χ3n) is 3.01. The summed E-state index contributed by atoms with van der Waals surface area (Å²) in [4.78, 5) is 0. The van der Waals surface area contributed by atoms with Crippen LogP contribution in [0.2, 0.25) is 0 Å². The molecule has 1 aliphatic rings. The fourth-order valence-corrected chi connectivity index (χ4v) is 2.69. The monoisotopic (exact) mass is 271 g/mol. The van der Waals surface area contributed by atoms with E-state index in [1.165, 1.54) is 0 Å². The van der Waals surface area contributed by atoms with Crippen LogP contribution in [-0.4, -0.2) is 12.2 Å². The van der Waals surface area contributed by atoms with Crippen molar-refractivity contribution in [2.24, 2.45) is 0 Å². The normalized spacial score (nSPS) is 31.5. The molecule has 0 aromatic heterocycles. The first-order chi connectivity index (χ1) is 7.11. The van der Waals surface area contributed by atoms with E-state index in [1.54, 1.807) is 6.92 Å². The van der Waals surface area contributed by atoms with E-state index < -0.39 is 5.67 Å². The van der Waals surface area contributed by atoms with E-state index in [0.717, 1.165) is 23.0 Å². The van der Waals surface area contributed by atoms with E-state index in [0.29, 0.717) is 6.42 Å². The van der Waals surface area contributed by atoms with Crippen molar-refractivity contribution >= 4 is 15.9 Å². The van der Waals surface area contributed by atoms with Crippen LogP contribution in [-0.2, 0) is 0 Å². The van der Waals surface area contributed by atoms with Crippen LogP contribution >= 0.6 is 15.9 Å². The Morgan fingerprint density at radius 3 is 2.87 bits per heavy atom. The third-order valence-corrected chi connectivity index (χ3v) is 3.73. The van der Waals surface area contributed by atoms with E-state index in [9.17, 15) is 4.39 Å². The van der Waals surface area contributed by atoms with Crippen LogP contribution in [0.15, 0.2) is 28.7 Å². The summed E-state index contributed by atoms with van der Waals surface area (Å²) in [6.45, 7) is 2.58. The van der Waals surface area contributed by atoms with Gasteiger partial charge in [0.2, 0.25) is 0 Å². The number of benzene rings is 1. The predicted molar refractivity (Wildman–Crippen MR) is 63.6 cm³/mol. The van der Waals surface area contributed by atoms with E-state index >= 15 is 0 Å². The van der Waals surface area contributed by atoms with Crippen molar-refractivity contribution in [1.29, 1.82) is 0 Å². The summed E-state index contributed by atoms with van der Waals surface area (Å²) in [5.41, 5.74) is -0.135. The van der Waals surface area contributed by atoms with Gasteiger partial charge in [0.05, 0.1) is 6.04 Å². The van der Waals surface area contributed by atoms with Crippen molar-refractivity contribution in [1.82, 2.24) is 5.32 Å². The Balaban J connectivity index is 2.33. The zero-order chi connectivity index (χ0) is 10.9. The smallest absolute Gasteiger partial charge is 0.127 e. The molecule has 1 aromatic rings. The molecular weight excluding hydrogens is 257 g/mol. The minimum atomic E-state index is -1.15. The lowest BCUT2D eigenvalue weighted by Crippen LogP contribution is -2.43. The SMILES string of the molecule is CC1(F)CCCNC1c1ccccc1Br. The largest absolute Gasteiger partial charge is 0.307 e. The fraction of sp³-hybridized carbons (Fsp3) is 0.500. The minimum Gasteiger partial charge on any atom is -0.307 e. The molecule has 0 spiro atoms. The summed E-state index contributed by atoms with van der Waals surface area (Å²) in [7, 11) is 0. The fourth-order valence-electron chi connectivity index (χ4n) is 2.18. The van der Waals surface area contributed by atoms with Crippen molar-refractivity contribution in [2.75, 3.05) is 6.54 Å². The third kappa shape index (κ3) is 2.23. The van der Waals surface area contributed by atoms with Gasteiger partial charge in [0, 0.05) is 4.47 Å². The van der Waals surface area contributed by atoms with E-state index in [4.69, 9.17) is 0 Å². The molecule has 0 amide bonds. The Morgan fingerprint density at radius 2 is 2.20 bits per heavy atom. The van der Waals surface area contributed by atoms with Crippen molar-refractivity contribution in [3.05, 3.63) is 34.3 Å². The number of piperidine rings is 1. The number of halogens is 2. The maximum atomic E-state index is 14.3. The lowest BCUT2D eigenvalue weighted by atomic mass is 9.85. The quantitative estimate of drug-likeness (QED) is 0.823. The maximum absolute atomic E-state index is 14.3. The molecule has 1 aliphatic heterocycles. The molecule has 1 nitrogen and oxygen atoms in total. The Morgan fingerprint density at radius 1 is 1.47 bits per heavy atom. The van der Waals surface area contributed by atoms with Crippen LogP contribution in [0.3, 0.4) is 0 Å². The predicted octanol–water partition coefficient (Wildman–Crippen LogP) is 3.60. The van der Waals surface area contributed by atoms with Crippen LogP contribution < -0.4 is 5.32 Å². The molecule has 1 N–H and O–H groups in total. The number of hydrogen-bond acceptors (Lipinski definition) is 1. The second-order valence-electron chi connectivity index (χ2n) is 4.29. The van der Waals surface area contributed by atoms with Gasteiger partial charge in [0.25, 0.3) is 0 Å². The Bertz CT molecular complexity index is 351. The van der Waals surface area contributed by atoms with Crippen LogP contribution in [0.25, 0.3) is 0 Å². The topological polar surface area (TPSA) is 12.0 Å².